The highest BCUT2D eigenvalue weighted by atomic mass is 15.1. The summed E-state index contributed by atoms with van der Waals surface area (Å²) >= 11 is 0. The SMILES string of the molecule is c1cncc(Cc2cn[nH]c2C2CCN(Cc3ccncc3)CC2)c1. The van der Waals surface area contributed by atoms with Crippen molar-refractivity contribution in [3.63, 3.8) is 0 Å². The first-order valence-corrected chi connectivity index (χ1v) is 8.91. The molecule has 0 bridgehead atoms. The normalized spacial score (nSPS) is 16.2. The topological polar surface area (TPSA) is 57.7 Å². The first-order chi connectivity index (χ1) is 12.4. The van der Waals surface area contributed by atoms with Crippen molar-refractivity contribution >= 4 is 0 Å². The van der Waals surface area contributed by atoms with Gasteiger partial charge >= 0.3 is 0 Å². The summed E-state index contributed by atoms with van der Waals surface area (Å²) < 4.78 is 0. The molecule has 4 heterocycles. The Balaban J connectivity index is 1.37. The van der Waals surface area contributed by atoms with E-state index in [1.54, 1.807) is 0 Å². The molecule has 128 valence electrons. The lowest BCUT2D eigenvalue weighted by Gasteiger charge is -2.32. The van der Waals surface area contributed by atoms with Crippen LogP contribution in [0.25, 0.3) is 0 Å². The van der Waals surface area contributed by atoms with E-state index in [-0.39, 0.29) is 0 Å². The van der Waals surface area contributed by atoms with Crippen LogP contribution in [0.2, 0.25) is 0 Å². The molecule has 0 saturated carbocycles. The van der Waals surface area contributed by atoms with Crippen LogP contribution in [0.3, 0.4) is 0 Å². The summed E-state index contributed by atoms with van der Waals surface area (Å²) in [6, 6.07) is 8.33. The Hall–Kier alpha value is -2.53. The fourth-order valence-electron chi connectivity index (χ4n) is 3.66. The summed E-state index contributed by atoms with van der Waals surface area (Å²) in [7, 11) is 0. The minimum absolute atomic E-state index is 0.572. The molecule has 0 radical (unpaired) electrons. The van der Waals surface area contributed by atoms with Crippen LogP contribution in [0.5, 0.6) is 0 Å². The summed E-state index contributed by atoms with van der Waals surface area (Å²) in [5, 5.41) is 7.58. The van der Waals surface area contributed by atoms with Gasteiger partial charge in [-0.1, -0.05) is 6.07 Å². The minimum atomic E-state index is 0.572. The Labute approximate surface area is 148 Å². The quantitative estimate of drug-likeness (QED) is 0.779. The van der Waals surface area contributed by atoms with Gasteiger partial charge < -0.3 is 0 Å². The predicted octanol–water partition coefficient (Wildman–Crippen LogP) is 3.17. The molecule has 5 nitrogen and oxygen atoms in total. The summed E-state index contributed by atoms with van der Waals surface area (Å²) in [6.07, 6.45) is 12.7. The molecule has 0 unspecified atom stereocenters. The second-order valence-corrected chi connectivity index (χ2v) is 6.75. The van der Waals surface area contributed by atoms with Crippen LogP contribution in [-0.2, 0) is 13.0 Å². The molecule has 25 heavy (non-hydrogen) atoms. The summed E-state index contributed by atoms with van der Waals surface area (Å²) in [5.41, 5.74) is 5.19. The monoisotopic (exact) mass is 333 g/mol. The molecule has 1 saturated heterocycles. The van der Waals surface area contributed by atoms with E-state index in [4.69, 9.17) is 0 Å². The number of rotatable bonds is 5. The number of likely N-dealkylation sites (tertiary alicyclic amines) is 1. The molecule has 1 aliphatic rings. The van der Waals surface area contributed by atoms with Crippen LogP contribution in [0.15, 0.2) is 55.2 Å². The summed E-state index contributed by atoms with van der Waals surface area (Å²) in [4.78, 5) is 10.8. The number of aromatic amines is 1. The van der Waals surface area contributed by atoms with Crippen LogP contribution < -0.4 is 0 Å². The maximum absolute atomic E-state index is 4.31. The molecule has 0 amide bonds. The first kappa shape index (κ1) is 16.0. The molecular formula is C20H23N5. The van der Waals surface area contributed by atoms with Crippen molar-refractivity contribution in [3.8, 4) is 0 Å². The Morgan fingerprint density at radius 3 is 2.56 bits per heavy atom. The van der Waals surface area contributed by atoms with E-state index in [1.807, 2.05) is 37.1 Å². The predicted molar refractivity (Wildman–Crippen MR) is 97.1 cm³/mol. The number of pyridine rings is 2. The molecule has 0 atom stereocenters. The standard InChI is InChI=1S/C20H23N5/c1-2-17(13-22-7-1)12-19-14-23-24-20(19)18-5-10-25(11-6-18)15-16-3-8-21-9-4-16/h1-4,7-9,13-14,18H,5-6,10-12,15H2,(H,23,24). The number of aromatic nitrogens is 4. The van der Waals surface area contributed by atoms with Gasteiger partial charge in [-0.15, -0.1) is 0 Å². The van der Waals surface area contributed by atoms with Crippen molar-refractivity contribution in [1.82, 2.24) is 25.1 Å². The highest BCUT2D eigenvalue weighted by molar-refractivity contribution is 5.28. The molecule has 3 aromatic rings. The van der Waals surface area contributed by atoms with Crippen LogP contribution in [0.1, 0.15) is 41.1 Å². The average molecular weight is 333 g/mol. The van der Waals surface area contributed by atoms with E-state index in [0.717, 1.165) is 26.1 Å². The zero-order valence-electron chi connectivity index (χ0n) is 14.3. The van der Waals surface area contributed by atoms with Gasteiger partial charge in [0.1, 0.15) is 0 Å². The average Bonchev–Trinajstić information content (AvgIpc) is 3.12. The summed E-state index contributed by atoms with van der Waals surface area (Å²) in [6.45, 7) is 3.26. The fraction of sp³-hybridized carbons (Fsp3) is 0.350. The third-order valence-electron chi connectivity index (χ3n) is 5.02. The number of H-pyrrole nitrogens is 1. The van der Waals surface area contributed by atoms with Crippen molar-refractivity contribution < 1.29 is 0 Å². The van der Waals surface area contributed by atoms with Gasteiger partial charge in [0.25, 0.3) is 0 Å². The van der Waals surface area contributed by atoms with Gasteiger partial charge in [-0.25, -0.2) is 0 Å². The minimum Gasteiger partial charge on any atom is -0.299 e. The number of piperidine rings is 1. The molecule has 0 aromatic carbocycles. The van der Waals surface area contributed by atoms with Gasteiger partial charge in [0.15, 0.2) is 0 Å². The van der Waals surface area contributed by atoms with E-state index < -0.39 is 0 Å². The third-order valence-corrected chi connectivity index (χ3v) is 5.02. The molecule has 1 N–H and O–H groups in total. The van der Waals surface area contributed by atoms with Crippen LogP contribution in [0, 0.1) is 0 Å². The van der Waals surface area contributed by atoms with Gasteiger partial charge in [-0.05, 0) is 60.8 Å². The second-order valence-electron chi connectivity index (χ2n) is 6.75. The molecule has 3 aromatic heterocycles. The van der Waals surface area contributed by atoms with Crippen molar-refractivity contribution in [3.05, 3.63) is 77.6 Å². The molecule has 1 fully saturated rings. The van der Waals surface area contributed by atoms with E-state index in [9.17, 15) is 0 Å². The highest BCUT2D eigenvalue weighted by Gasteiger charge is 2.24. The van der Waals surface area contributed by atoms with E-state index in [0.29, 0.717) is 5.92 Å². The van der Waals surface area contributed by atoms with Gasteiger partial charge in [0.2, 0.25) is 0 Å². The Morgan fingerprint density at radius 1 is 0.960 bits per heavy atom. The lowest BCUT2D eigenvalue weighted by Crippen LogP contribution is -2.32. The van der Waals surface area contributed by atoms with Gasteiger partial charge in [0, 0.05) is 49.4 Å². The van der Waals surface area contributed by atoms with Gasteiger partial charge in [-0.2, -0.15) is 5.10 Å². The first-order valence-electron chi connectivity index (χ1n) is 8.91. The maximum Gasteiger partial charge on any atom is 0.0525 e. The Bertz CT molecular complexity index is 776. The fourth-order valence-corrected chi connectivity index (χ4v) is 3.66. The Morgan fingerprint density at radius 2 is 1.80 bits per heavy atom. The van der Waals surface area contributed by atoms with Crippen molar-refractivity contribution in [2.45, 2.75) is 31.7 Å². The van der Waals surface area contributed by atoms with Crippen LogP contribution in [0.4, 0.5) is 0 Å². The number of nitrogens with zero attached hydrogens (tertiary/aromatic N) is 4. The molecule has 4 rings (SSSR count). The second kappa shape index (κ2) is 7.57. The summed E-state index contributed by atoms with van der Waals surface area (Å²) in [5.74, 6) is 0.572. The number of hydrogen-bond acceptors (Lipinski definition) is 4. The van der Waals surface area contributed by atoms with Gasteiger partial charge in [-0.3, -0.25) is 20.0 Å². The van der Waals surface area contributed by atoms with E-state index in [1.165, 1.54) is 35.2 Å². The number of hydrogen-bond donors (Lipinski definition) is 1. The van der Waals surface area contributed by atoms with Crippen molar-refractivity contribution in [2.75, 3.05) is 13.1 Å². The highest BCUT2D eigenvalue weighted by Crippen LogP contribution is 2.30. The lowest BCUT2D eigenvalue weighted by atomic mass is 9.90. The van der Waals surface area contributed by atoms with E-state index in [2.05, 4.69) is 43.3 Å². The lowest BCUT2D eigenvalue weighted by molar-refractivity contribution is 0.203. The largest absolute Gasteiger partial charge is 0.299 e. The molecule has 1 aliphatic heterocycles. The van der Waals surface area contributed by atoms with E-state index >= 15 is 0 Å². The van der Waals surface area contributed by atoms with Crippen molar-refractivity contribution in [1.29, 1.82) is 0 Å². The van der Waals surface area contributed by atoms with Crippen LogP contribution >= 0.6 is 0 Å². The number of nitrogens with one attached hydrogen (secondary N) is 1. The maximum atomic E-state index is 4.31. The molecule has 0 spiro atoms. The van der Waals surface area contributed by atoms with Gasteiger partial charge in [0.05, 0.1) is 6.20 Å². The zero-order valence-corrected chi connectivity index (χ0v) is 14.3. The molecular weight excluding hydrogens is 310 g/mol. The smallest absolute Gasteiger partial charge is 0.0525 e. The van der Waals surface area contributed by atoms with Crippen LogP contribution in [-0.4, -0.2) is 38.2 Å². The molecule has 0 aliphatic carbocycles. The van der Waals surface area contributed by atoms with Crippen molar-refractivity contribution in [2.24, 2.45) is 0 Å². The molecule has 5 heteroatoms. The third kappa shape index (κ3) is 3.94. The Kier molecular flexibility index (Phi) is 4.84. The zero-order chi connectivity index (χ0) is 16.9.